The van der Waals surface area contributed by atoms with Crippen LogP contribution in [0.2, 0.25) is 0 Å². The number of hydrogen-bond acceptors (Lipinski definition) is 3. The van der Waals surface area contributed by atoms with E-state index in [1.54, 1.807) is 17.1 Å². The molecular weight excluding hydrogens is 290 g/mol. The van der Waals surface area contributed by atoms with Crippen molar-refractivity contribution in [3.05, 3.63) is 59.4 Å². The summed E-state index contributed by atoms with van der Waals surface area (Å²) in [6.45, 7) is 5.92. The van der Waals surface area contributed by atoms with Crippen LogP contribution >= 0.6 is 0 Å². The topological polar surface area (TPSA) is 64.7 Å². The van der Waals surface area contributed by atoms with Gasteiger partial charge >= 0.3 is 0 Å². The predicted octanol–water partition coefficient (Wildman–Crippen LogP) is 2.78. The highest BCUT2D eigenvalue weighted by Crippen LogP contribution is 2.17. The summed E-state index contributed by atoms with van der Waals surface area (Å²) in [5, 5.41) is 7.04. The number of aryl methyl sites for hydroxylation is 3. The van der Waals surface area contributed by atoms with Gasteiger partial charge < -0.3 is 9.88 Å². The largest absolute Gasteiger partial charge is 0.321 e. The van der Waals surface area contributed by atoms with Gasteiger partial charge in [0.2, 0.25) is 0 Å². The molecule has 0 saturated carbocycles. The van der Waals surface area contributed by atoms with Crippen LogP contribution in [-0.4, -0.2) is 25.2 Å². The van der Waals surface area contributed by atoms with Gasteiger partial charge in [-0.1, -0.05) is 0 Å². The molecule has 0 aliphatic heterocycles. The van der Waals surface area contributed by atoms with Crippen LogP contribution < -0.4 is 5.32 Å². The molecule has 1 N–H and O–H groups in total. The lowest BCUT2D eigenvalue weighted by Gasteiger charge is -2.08. The highest BCUT2D eigenvalue weighted by Gasteiger charge is 2.11. The van der Waals surface area contributed by atoms with Gasteiger partial charge in [-0.3, -0.25) is 9.48 Å². The molecule has 0 radical (unpaired) electrons. The maximum Gasteiger partial charge on any atom is 0.276 e. The second kappa shape index (κ2) is 5.72. The summed E-state index contributed by atoms with van der Waals surface area (Å²) in [4.78, 5) is 16.5. The minimum absolute atomic E-state index is 0.212. The Hall–Kier alpha value is -2.89. The van der Waals surface area contributed by atoms with E-state index in [9.17, 15) is 4.79 Å². The van der Waals surface area contributed by atoms with Gasteiger partial charge in [0, 0.05) is 29.8 Å². The average Bonchev–Trinajstić information content (AvgIpc) is 3.04. The van der Waals surface area contributed by atoms with Gasteiger partial charge in [-0.05, 0) is 51.1 Å². The summed E-state index contributed by atoms with van der Waals surface area (Å²) in [7, 11) is 1.82. The Morgan fingerprint density at radius 1 is 1.13 bits per heavy atom. The fourth-order valence-electron chi connectivity index (χ4n) is 2.33. The molecule has 6 heteroatoms. The summed E-state index contributed by atoms with van der Waals surface area (Å²) < 4.78 is 3.70. The third-order valence-corrected chi connectivity index (χ3v) is 4.00. The molecule has 1 aromatic carbocycles. The number of benzene rings is 1. The Balaban J connectivity index is 1.77. The maximum absolute atomic E-state index is 12.2. The molecule has 0 spiro atoms. The molecular formula is C17H19N5O. The molecule has 0 fully saturated rings. The summed E-state index contributed by atoms with van der Waals surface area (Å²) in [6.07, 6.45) is 1.80. The second-order valence-electron chi connectivity index (χ2n) is 5.58. The van der Waals surface area contributed by atoms with Gasteiger partial charge in [-0.2, -0.15) is 5.10 Å². The lowest BCUT2D eigenvalue weighted by molar-refractivity contribution is 0.102. The van der Waals surface area contributed by atoms with Crippen LogP contribution in [0.15, 0.2) is 36.7 Å². The van der Waals surface area contributed by atoms with E-state index in [0.717, 1.165) is 28.5 Å². The number of imidazole rings is 1. The summed E-state index contributed by atoms with van der Waals surface area (Å²) >= 11 is 0. The van der Waals surface area contributed by atoms with Crippen molar-refractivity contribution in [3.63, 3.8) is 0 Å². The Kier molecular flexibility index (Phi) is 3.73. The van der Waals surface area contributed by atoms with Gasteiger partial charge in [-0.25, -0.2) is 4.98 Å². The van der Waals surface area contributed by atoms with Gasteiger partial charge in [0.15, 0.2) is 5.69 Å². The molecule has 6 nitrogen and oxygen atoms in total. The van der Waals surface area contributed by atoms with Crippen LogP contribution in [0.4, 0.5) is 5.69 Å². The first-order chi connectivity index (χ1) is 11.0. The van der Waals surface area contributed by atoms with Crippen molar-refractivity contribution in [1.82, 2.24) is 19.3 Å². The molecule has 0 unspecified atom stereocenters. The zero-order chi connectivity index (χ0) is 16.6. The summed E-state index contributed by atoms with van der Waals surface area (Å²) in [6, 6.07) is 9.41. The number of aromatic nitrogens is 4. The molecule has 1 amide bonds. The zero-order valence-corrected chi connectivity index (χ0v) is 13.7. The molecule has 23 heavy (non-hydrogen) atoms. The molecule has 0 bridgehead atoms. The molecule has 118 valence electrons. The number of hydrogen-bond donors (Lipinski definition) is 1. The Bertz CT molecular complexity index is 838. The van der Waals surface area contributed by atoms with Crippen molar-refractivity contribution in [2.75, 3.05) is 5.32 Å². The fraction of sp³-hybridized carbons (Fsp3) is 0.235. The number of amides is 1. The van der Waals surface area contributed by atoms with Crippen LogP contribution in [0.25, 0.3) is 5.69 Å². The summed E-state index contributed by atoms with van der Waals surface area (Å²) in [5.41, 5.74) is 5.21. The van der Waals surface area contributed by atoms with Crippen molar-refractivity contribution in [3.8, 4) is 5.69 Å². The number of rotatable bonds is 3. The van der Waals surface area contributed by atoms with E-state index in [0.29, 0.717) is 5.69 Å². The highest BCUT2D eigenvalue weighted by atomic mass is 16.1. The van der Waals surface area contributed by atoms with E-state index in [-0.39, 0.29) is 5.91 Å². The Morgan fingerprint density at radius 2 is 1.83 bits per heavy atom. The van der Waals surface area contributed by atoms with Crippen molar-refractivity contribution < 1.29 is 4.79 Å². The number of nitrogens with one attached hydrogen (secondary N) is 1. The monoisotopic (exact) mass is 309 g/mol. The van der Waals surface area contributed by atoms with E-state index in [2.05, 4.69) is 15.4 Å². The molecule has 0 aliphatic rings. The molecule has 0 atom stereocenters. The van der Waals surface area contributed by atoms with Crippen LogP contribution in [0.3, 0.4) is 0 Å². The van der Waals surface area contributed by atoms with Crippen LogP contribution in [0, 0.1) is 20.8 Å². The van der Waals surface area contributed by atoms with E-state index in [1.165, 1.54) is 0 Å². The Labute approximate surface area is 134 Å². The smallest absolute Gasteiger partial charge is 0.276 e. The molecule has 0 saturated heterocycles. The lowest BCUT2D eigenvalue weighted by atomic mass is 10.2. The third-order valence-electron chi connectivity index (χ3n) is 4.00. The highest BCUT2D eigenvalue weighted by molar-refractivity contribution is 6.02. The fourth-order valence-corrected chi connectivity index (χ4v) is 2.33. The van der Waals surface area contributed by atoms with Crippen LogP contribution in [-0.2, 0) is 7.05 Å². The maximum atomic E-state index is 12.2. The number of nitrogens with zero attached hydrogens (tertiary/aromatic N) is 4. The van der Waals surface area contributed by atoms with Gasteiger partial charge in [-0.15, -0.1) is 0 Å². The quantitative estimate of drug-likeness (QED) is 0.809. The van der Waals surface area contributed by atoms with E-state index >= 15 is 0 Å². The molecule has 0 aliphatic carbocycles. The van der Waals surface area contributed by atoms with Crippen molar-refractivity contribution in [2.24, 2.45) is 7.05 Å². The first kappa shape index (κ1) is 15.0. The standard InChI is InChI=1S/C17H19N5O/c1-11-9-16(20-21(11)4)17(23)19-14-5-7-15(8-6-14)22-10-18-12(2)13(22)3/h5-10H,1-4H3,(H,19,23). The normalized spacial score (nSPS) is 10.8. The minimum atomic E-state index is -0.212. The number of anilines is 1. The van der Waals surface area contributed by atoms with Gasteiger partial charge in [0.25, 0.3) is 5.91 Å². The van der Waals surface area contributed by atoms with E-state index in [4.69, 9.17) is 0 Å². The minimum Gasteiger partial charge on any atom is -0.321 e. The van der Waals surface area contributed by atoms with Gasteiger partial charge in [0.05, 0.1) is 12.0 Å². The number of carbonyl (C=O) groups is 1. The first-order valence-electron chi connectivity index (χ1n) is 7.38. The zero-order valence-electron chi connectivity index (χ0n) is 13.7. The SMILES string of the molecule is Cc1ncn(-c2ccc(NC(=O)c3cc(C)n(C)n3)cc2)c1C. The van der Waals surface area contributed by atoms with Gasteiger partial charge in [0.1, 0.15) is 0 Å². The molecule has 2 aromatic heterocycles. The average molecular weight is 309 g/mol. The first-order valence-corrected chi connectivity index (χ1v) is 7.38. The third kappa shape index (κ3) is 2.88. The van der Waals surface area contributed by atoms with Crippen LogP contribution in [0.1, 0.15) is 27.6 Å². The van der Waals surface area contributed by atoms with Crippen LogP contribution in [0.5, 0.6) is 0 Å². The Morgan fingerprint density at radius 3 is 2.35 bits per heavy atom. The number of carbonyl (C=O) groups excluding carboxylic acids is 1. The van der Waals surface area contributed by atoms with E-state index in [1.807, 2.05) is 56.7 Å². The van der Waals surface area contributed by atoms with Crippen molar-refractivity contribution in [2.45, 2.75) is 20.8 Å². The molecule has 3 rings (SSSR count). The van der Waals surface area contributed by atoms with Crippen molar-refractivity contribution in [1.29, 1.82) is 0 Å². The van der Waals surface area contributed by atoms with E-state index < -0.39 is 0 Å². The lowest BCUT2D eigenvalue weighted by Crippen LogP contribution is -2.13. The molecule has 2 heterocycles. The van der Waals surface area contributed by atoms with Crippen molar-refractivity contribution >= 4 is 11.6 Å². The molecule has 3 aromatic rings. The second-order valence-corrected chi connectivity index (χ2v) is 5.58. The summed E-state index contributed by atoms with van der Waals surface area (Å²) in [5.74, 6) is -0.212. The predicted molar refractivity (Wildman–Crippen MR) is 88.9 cm³/mol.